The minimum absolute atomic E-state index is 0.0385. The SMILES string of the molecule is Cc1cc(NCc2ccc(OC(F)F)cn2)ncn1. The van der Waals surface area contributed by atoms with Gasteiger partial charge in [-0.1, -0.05) is 0 Å². The summed E-state index contributed by atoms with van der Waals surface area (Å²) in [6.45, 7) is -0.540. The Labute approximate surface area is 108 Å². The number of hydrogen-bond donors (Lipinski definition) is 1. The van der Waals surface area contributed by atoms with Crippen molar-refractivity contribution in [3.05, 3.63) is 42.1 Å². The number of rotatable bonds is 5. The maximum Gasteiger partial charge on any atom is 0.387 e. The van der Waals surface area contributed by atoms with E-state index in [-0.39, 0.29) is 5.75 Å². The molecule has 0 unspecified atom stereocenters. The molecule has 1 N–H and O–H groups in total. The van der Waals surface area contributed by atoms with Crippen LogP contribution in [0.25, 0.3) is 0 Å². The normalized spacial score (nSPS) is 10.5. The molecule has 0 fully saturated rings. The topological polar surface area (TPSA) is 59.9 Å². The maximum absolute atomic E-state index is 12.0. The van der Waals surface area contributed by atoms with Crippen molar-refractivity contribution < 1.29 is 13.5 Å². The number of nitrogens with zero attached hydrogens (tertiary/aromatic N) is 3. The van der Waals surface area contributed by atoms with Crippen molar-refractivity contribution in [2.75, 3.05) is 5.32 Å². The van der Waals surface area contributed by atoms with Gasteiger partial charge in [0.15, 0.2) is 0 Å². The zero-order valence-corrected chi connectivity index (χ0v) is 10.2. The summed E-state index contributed by atoms with van der Waals surface area (Å²) in [7, 11) is 0. The molecule has 7 heteroatoms. The highest BCUT2D eigenvalue weighted by Crippen LogP contribution is 2.13. The van der Waals surface area contributed by atoms with E-state index in [1.54, 1.807) is 12.1 Å². The van der Waals surface area contributed by atoms with E-state index >= 15 is 0 Å². The third-order valence-corrected chi connectivity index (χ3v) is 2.28. The lowest BCUT2D eigenvalue weighted by Gasteiger charge is -2.07. The number of alkyl halides is 2. The van der Waals surface area contributed by atoms with Crippen LogP contribution in [0.4, 0.5) is 14.6 Å². The van der Waals surface area contributed by atoms with Gasteiger partial charge in [-0.05, 0) is 19.1 Å². The zero-order valence-electron chi connectivity index (χ0n) is 10.2. The van der Waals surface area contributed by atoms with Gasteiger partial charge in [-0.25, -0.2) is 9.97 Å². The Kier molecular flexibility index (Phi) is 4.17. The molecular weight excluding hydrogens is 254 g/mol. The maximum atomic E-state index is 12.0. The van der Waals surface area contributed by atoms with E-state index in [1.807, 2.05) is 6.92 Å². The van der Waals surface area contributed by atoms with Crippen LogP contribution in [0.15, 0.2) is 30.7 Å². The Balaban J connectivity index is 1.93. The third kappa shape index (κ3) is 4.13. The molecular formula is C12H12F2N4O. The first kappa shape index (κ1) is 13.1. The molecule has 100 valence electrons. The van der Waals surface area contributed by atoms with Crippen LogP contribution < -0.4 is 10.1 Å². The molecule has 19 heavy (non-hydrogen) atoms. The van der Waals surface area contributed by atoms with E-state index in [4.69, 9.17) is 0 Å². The van der Waals surface area contributed by atoms with Crippen LogP contribution in [-0.4, -0.2) is 21.6 Å². The van der Waals surface area contributed by atoms with Gasteiger partial charge in [-0.2, -0.15) is 8.78 Å². The summed E-state index contributed by atoms with van der Waals surface area (Å²) in [5.41, 5.74) is 1.55. The van der Waals surface area contributed by atoms with Gasteiger partial charge in [-0.15, -0.1) is 0 Å². The lowest BCUT2D eigenvalue weighted by Crippen LogP contribution is -2.05. The van der Waals surface area contributed by atoms with Crippen molar-refractivity contribution in [3.63, 3.8) is 0 Å². The third-order valence-electron chi connectivity index (χ3n) is 2.28. The second-order valence-corrected chi connectivity index (χ2v) is 3.76. The summed E-state index contributed by atoms with van der Waals surface area (Å²) in [6, 6.07) is 4.86. The number of aryl methyl sites for hydroxylation is 1. The zero-order chi connectivity index (χ0) is 13.7. The number of hydrogen-bond acceptors (Lipinski definition) is 5. The van der Waals surface area contributed by atoms with Crippen LogP contribution in [0, 0.1) is 6.92 Å². The van der Waals surface area contributed by atoms with Crippen LogP contribution >= 0.6 is 0 Å². The van der Waals surface area contributed by atoms with Crippen LogP contribution in [0.5, 0.6) is 5.75 Å². The van der Waals surface area contributed by atoms with E-state index in [2.05, 4.69) is 25.0 Å². The summed E-state index contributed by atoms with van der Waals surface area (Å²) in [4.78, 5) is 12.0. The second kappa shape index (κ2) is 6.03. The van der Waals surface area contributed by atoms with Crippen LogP contribution in [0.1, 0.15) is 11.4 Å². The number of aromatic nitrogens is 3. The average molecular weight is 266 g/mol. The van der Waals surface area contributed by atoms with Crippen LogP contribution in [-0.2, 0) is 6.54 Å². The fourth-order valence-electron chi connectivity index (χ4n) is 1.42. The Morgan fingerprint density at radius 2 is 2.11 bits per heavy atom. The number of nitrogens with one attached hydrogen (secondary N) is 1. The first-order chi connectivity index (χ1) is 9.13. The quantitative estimate of drug-likeness (QED) is 0.900. The fraction of sp³-hybridized carbons (Fsp3) is 0.250. The average Bonchev–Trinajstić information content (AvgIpc) is 2.37. The molecule has 5 nitrogen and oxygen atoms in total. The molecule has 2 rings (SSSR count). The monoisotopic (exact) mass is 266 g/mol. The molecule has 0 saturated carbocycles. The van der Waals surface area contributed by atoms with Crippen molar-refractivity contribution >= 4 is 5.82 Å². The van der Waals surface area contributed by atoms with Crippen LogP contribution in [0.3, 0.4) is 0 Å². The molecule has 0 aliphatic heterocycles. The molecule has 0 radical (unpaired) electrons. The Morgan fingerprint density at radius 3 is 2.74 bits per heavy atom. The highest BCUT2D eigenvalue weighted by molar-refractivity contribution is 5.35. The summed E-state index contributed by atoms with van der Waals surface area (Å²) >= 11 is 0. The number of ether oxygens (including phenoxy) is 1. The van der Waals surface area contributed by atoms with Gasteiger partial charge in [0.2, 0.25) is 0 Å². The van der Waals surface area contributed by atoms with Gasteiger partial charge in [-0.3, -0.25) is 4.98 Å². The molecule has 0 aliphatic carbocycles. The van der Waals surface area contributed by atoms with E-state index in [0.717, 1.165) is 5.69 Å². The fourth-order valence-corrected chi connectivity index (χ4v) is 1.42. The van der Waals surface area contributed by atoms with Gasteiger partial charge in [0.05, 0.1) is 18.4 Å². The molecule has 0 saturated heterocycles. The van der Waals surface area contributed by atoms with Crippen LogP contribution in [0.2, 0.25) is 0 Å². The summed E-state index contributed by atoms with van der Waals surface area (Å²) < 4.78 is 28.1. The lowest BCUT2D eigenvalue weighted by molar-refractivity contribution is -0.0500. The Hall–Kier alpha value is -2.31. The predicted molar refractivity (Wildman–Crippen MR) is 65.0 cm³/mol. The van der Waals surface area contributed by atoms with Gasteiger partial charge in [0.25, 0.3) is 0 Å². The molecule has 0 atom stereocenters. The Bertz CT molecular complexity index is 534. The van der Waals surface area contributed by atoms with E-state index in [9.17, 15) is 8.78 Å². The van der Waals surface area contributed by atoms with E-state index in [1.165, 1.54) is 18.6 Å². The van der Waals surface area contributed by atoms with Crippen molar-refractivity contribution in [2.24, 2.45) is 0 Å². The van der Waals surface area contributed by atoms with Crippen molar-refractivity contribution in [3.8, 4) is 5.75 Å². The van der Waals surface area contributed by atoms with Gasteiger partial charge in [0, 0.05) is 11.8 Å². The predicted octanol–water partition coefficient (Wildman–Crippen LogP) is 2.39. The highest BCUT2D eigenvalue weighted by Gasteiger charge is 2.04. The van der Waals surface area contributed by atoms with Crippen molar-refractivity contribution in [1.29, 1.82) is 0 Å². The highest BCUT2D eigenvalue weighted by atomic mass is 19.3. The second-order valence-electron chi connectivity index (χ2n) is 3.76. The van der Waals surface area contributed by atoms with E-state index in [0.29, 0.717) is 18.1 Å². The van der Waals surface area contributed by atoms with Crippen molar-refractivity contribution in [2.45, 2.75) is 20.1 Å². The molecule has 2 heterocycles. The molecule has 0 bridgehead atoms. The minimum atomic E-state index is -2.84. The molecule has 0 aromatic carbocycles. The smallest absolute Gasteiger partial charge is 0.387 e. The lowest BCUT2D eigenvalue weighted by atomic mass is 10.3. The first-order valence-corrected chi connectivity index (χ1v) is 5.56. The van der Waals surface area contributed by atoms with Gasteiger partial charge in [0.1, 0.15) is 17.9 Å². The molecule has 0 spiro atoms. The van der Waals surface area contributed by atoms with Crippen molar-refractivity contribution in [1.82, 2.24) is 15.0 Å². The summed E-state index contributed by atoms with van der Waals surface area (Å²) in [6.07, 6.45) is 2.72. The standard InChI is InChI=1S/C12H12F2N4O/c1-8-4-11(18-7-17-8)16-5-9-2-3-10(6-15-9)19-12(13)14/h2-4,6-7,12H,5H2,1H3,(H,16,17,18). The number of pyridine rings is 1. The van der Waals surface area contributed by atoms with E-state index < -0.39 is 6.61 Å². The molecule has 0 amide bonds. The summed E-state index contributed by atoms with van der Waals surface area (Å²) in [5, 5.41) is 3.06. The first-order valence-electron chi connectivity index (χ1n) is 5.56. The van der Waals surface area contributed by atoms with Gasteiger partial charge < -0.3 is 10.1 Å². The summed E-state index contributed by atoms with van der Waals surface area (Å²) in [5.74, 6) is 0.721. The Morgan fingerprint density at radius 1 is 1.26 bits per heavy atom. The van der Waals surface area contributed by atoms with Gasteiger partial charge >= 0.3 is 6.61 Å². The molecule has 2 aromatic rings. The number of anilines is 1. The molecule has 2 aromatic heterocycles. The number of halogens is 2. The minimum Gasteiger partial charge on any atom is -0.433 e. The molecule has 0 aliphatic rings. The largest absolute Gasteiger partial charge is 0.433 e.